The third-order valence-corrected chi connectivity index (χ3v) is 4.40. The fourth-order valence-corrected chi connectivity index (χ4v) is 2.84. The SMILES string of the molecule is CC(C)CCCNC(=O)c1cc(S(N)(=O)=O)c(F)cc1Br. The molecular weight excluding hydrogens is 363 g/mol. The molecule has 0 radical (unpaired) electrons. The van der Waals surface area contributed by atoms with Crippen LogP contribution in [0.15, 0.2) is 21.5 Å². The molecule has 0 saturated carbocycles. The summed E-state index contributed by atoms with van der Waals surface area (Å²) in [5.41, 5.74) is 0.0324. The van der Waals surface area contributed by atoms with Gasteiger partial charge in [-0.2, -0.15) is 0 Å². The summed E-state index contributed by atoms with van der Waals surface area (Å²) >= 11 is 3.04. The molecule has 0 heterocycles. The largest absolute Gasteiger partial charge is 0.352 e. The number of amides is 1. The summed E-state index contributed by atoms with van der Waals surface area (Å²) < 4.78 is 36.3. The Labute approximate surface area is 132 Å². The van der Waals surface area contributed by atoms with E-state index >= 15 is 0 Å². The molecule has 0 saturated heterocycles. The standard InChI is InChI=1S/C13H18BrFN2O3S/c1-8(2)4-3-5-17-13(18)9-6-12(21(16,19)20)11(15)7-10(9)14/h6-8H,3-5H2,1-2H3,(H,17,18)(H2,16,19,20). The zero-order valence-electron chi connectivity index (χ0n) is 11.8. The lowest BCUT2D eigenvalue weighted by Crippen LogP contribution is -2.26. The molecule has 5 nitrogen and oxygen atoms in total. The Kier molecular flexibility index (Phi) is 6.30. The lowest BCUT2D eigenvalue weighted by atomic mass is 10.1. The quantitative estimate of drug-likeness (QED) is 0.742. The van der Waals surface area contributed by atoms with Crippen molar-refractivity contribution >= 4 is 31.9 Å². The molecule has 21 heavy (non-hydrogen) atoms. The van der Waals surface area contributed by atoms with Gasteiger partial charge in [0.15, 0.2) is 0 Å². The zero-order chi connectivity index (χ0) is 16.2. The molecule has 0 atom stereocenters. The second-order valence-electron chi connectivity index (χ2n) is 5.10. The minimum absolute atomic E-state index is 0.0324. The predicted octanol–water partition coefficient (Wildman–Crippen LogP) is 2.40. The van der Waals surface area contributed by atoms with Crippen LogP contribution in [0, 0.1) is 11.7 Å². The van der Waals surface area contributed by atoms with Gasteiger partial charge in [0.05, 0.1) is 5.56 Å². The Hall–Kier alpha value is -0.990. The van der Waals surface area contributed by atoms with Crippen molar-refractivity contribution in [1.82, 2.24) is 5.32 Å². The number of nitrogens with one attached hydrogen (secondary N) is 1. The average Bonchev–Trinajstić information content (AvgIpc) is 2.32. The van der Waals surface area contributed by atoms with Crippen molar-refractivity contribution in [3.05, 3.63) is 28.0 Å². The van der Waals surface area contributed by atoms with Crippen LogP contribution in [0.4, 0.5) is 4.39 Å². The van der Waals surface area contributed by atoms with Crippen LogP contribution < -0.4 is 10.5 Å². The predicted molar refractivity (Wildman–Crippen MR) is 81.9 cm³/mol. The third-order valence-electron chi connectivity index (χ3n) is 2.82. The first-order valence-corrected chi connectivity index (χ1v) is 8.77. The highest BCUT2D eigenvalue weighted by atomic mass is 79.9. The summed E-state index contributed by atoms with van der Waals surface area (Å²) in [6, 6.07) is 1.86. The number of nitrogens with two attached hydrogens (primary N) is 1. The summed E-state index contributed by atoms with van der Waals surface area (Å²) in [6.45, 7) is 4.62. The van der Waals surface area contributed by atoms with Crippen molar-refractivity contribution in [1.29, 1.82) is 0 Å². The smallest absolute Gasteiger partial charge is 0.252 e. The van der Waals surface area contributed by atoms with Crippen LogP contribution >= 0.6 is 15.9 Å². The molecule has 0 aliphatic heterocycles. The Balaban J connectivity index is 2.90. The Morgan fingerprint density at radius 3 is 2.57 bits per heavy atom. The number of sulfonamides is 1. The first-order valence-electron chi connectivity index (χ1n) is 6.43. The number of primary sulfonamides is 1. The number of hydrogen-bond acceptors (Lipinski definition) is 3. The number of carbonyl (C=O) groups excluding carboxylic acids is 1. The van der Waals surface area contributed by atoms with Gasteiger partial charge in [-0.25, -0.2) is 17.9 Å². The number of rotatable bonds is 6. The van der Waals surface area contributed by atoms with Gasteiger partial charge in [0.25, 0.3) is 5.91 Å². The van der Waals surface area contributed by atoms with Gasteiger partial charge >= 0.3 is 0 Å². The first-order chi connectivity index (χ1) is 9.62. The maximum atomic E-state index is 13.6. The monoisotopic (exact) mass is 380 g/mol. The maximum absolute atomic E-state index is 13.6. The van der Waals surface area contributed by atoms with Gasteiger partial charge in [0, 0.05) is 11.0 Å². The summed E-state index contributed by atoms with van der Waals surface area (Å²) in [5, 5.41) is 7.58. The van der Waals surface area contributed by atoms with Crippen LogP contribution in [0.3, 0.4) is 0 Å². The van der Waals surface area contributed by atoms with Crippen LogP contribution in [0.25, 0.3) is 0 Å². The molecule has 3 N–H and O–H groups in total. The van der Waals surface area contributed by atoms with Crippen molar-refractivity contribution in [2.45, 2.75) is 31.6 Å². The van der Waals surface area contributed by atoms with E-state index in [-0.39, 0.29) is 10.0 Å². The second kappa shape index (κ2) is 7.33. The second-order valence-corrected chi connectivity index (χ2v) is 7.48. The van der Waals surface area contributed by atoms with E-state index in [1.165, 1.54) is 0 Å². The summed E-state index contributed by atoms with van der Waals surface area (Å²) in [4.78, 5) is 11.3. The van der Waals surface area contributed by atoms with Crippen molar-refractivity contribution in [2.24, 2.45) is 11.1 Å². The Bertz CT molecular complexity index is 633. The normalized spacial score (nSPS) is 11.7. The van der Waals surface area contributed by atoms with Crippen LogP contribution in [-0.4, -0.2) is 20.9 Å². The molecular formula is C13H18BrFN2O3S. The third kappa shape index (κ3) is 5.37. The van der Waals surface area contributed by atoms with Crippen LogP contribution in [0.1, 0.15) is 37.0 Å². The van der Waals surface area contributed by atoms with Gasteiger partial charge in [-0.3, -0.25) is 4.79 Å². The minimum atomic E-state index is -4.22. The molecule has 1 rings (SSSR count). The van der Waals surface area contributed by atoms with E-state index in [0.29, 0.717) is 12.5 Å². The summed E-state index contributed by atoms with van der Waals surface area (Å²) in [6.07, 6.45) is 1.78. The lowest BCUT2D eigenvalue weighted by molar-refractivity contribution is 0.0951. The highest BCUT2D eigenvalue weighted by Gasteiger charge is 2.20. The molecule has 1 aromatic rings. The van der Waals surface area contributed by atoms with E-state index in [0.717, 1.165) is 25.0 Å². The van der Waals surface area contributed by atoms with Crippen LogP contribution in [0.2, 0.25) is 0 Å². The van der Waals surface area contributed by atoms with Gasteiger partial charge in [-0.1, -0.05) is 13.8 Å². The van der Waals surface area contributed by atoms with E-state index in [2.05, 4.69) is 35.1 Å². The van der Waals surface area contributed by atoms with Crippen LogP contribution in [-0.2, 0) is 10.0 Å². The lowest BCUT2D eigenvalue weighted by Gasteiger charge is -2.10. The van der Waals surface area contributed by atoms with Crippen molar-refractivity contribution in [3.8, 4) is 0 Å². The molecule has 1 aromatic carbocycles. The Morgan fingerprint density at radius 1 is 1.43 bits per heavy atom. The fraction of sp³-hybridized carbons (Fsp3) is 0.462. The van der Waals surface area contributed by atoms with E-state index in [9.17, 15) is 17.6 Å². The molecule has 0 aliphatic carbocycles. The van der Waals surface area contributed by atoms with E-state index in [1.807, 2.05) is 0 Å². The summed E-state index contributed by atoms with van der Waals surface area (Å²) in [5.74, 6) is -0.940. The molecule has 118 valence electrons. The highest BCUT2D eigenvalue weighted by Crippen LogP contribution is 2.23. The molecule has 1 amide bonds. The topological polar surface area (TPSA) is 89.3 Å². The fourth-order valence-electron chi connectivity index (χ4n) is 1.73. The van der Waals surface area contributed by atoms with Crippen molar-refractivity contribution in [3.63, 3.8) is 0 Å². The molecule has 8 heteroatoms. The van der Waals surface area contributed by atoms with Gasteiger partial charge in [-0.05, 0) is 46.8 Å². The average molecular weight is 381 g/mol. The van der Waals surface area contributed by atoms with Crippen molar-refractivity contribution < 1.29 is 17.6 Å². The molecule has 0 aliphatic rings. The van der Waals surface area contributed by atoms with Crippen LogP contribution in [0.5, 0.6) is 0 Å². The highest BCUT2D eigenvalue weighted by molar-refractivity contribution is 9.10. The molecule has 0 fully saturated rings. The molecule has 0 spiro atoms. The number of halogens is 2. The minimum Gasteiger partial charge on any atom is -0.352 e. The van der Waals surface area contributed by atoms with Gasteiger partial charge < -0.3 is 5.32 Å². The van der Waals surface area contributed by atoms with Gasteiger partial charge in [0.2, 0.25) is 10.0 Å². The zero-order valence-corrected chi connectivity index (χ0v) is 14.2. The van der Waals surface area contributed by atoms with Gasteiger partial charge in [-0.15, -0.1) is 0 Å². The number of hydrogen-bond donors (Lipinski definition) is 2. The van der Waals surface area contributed by atoms with E-state index in [4.69, 9.17) is 5.14 Å². The van der Waals surface area contributed by atoms with E-state index in [1.54, 1.807) is 0 Å². The number of benzene rings is 1. The van der Waals surface area contributed by atoms with E-state index < -0.39 is 26.6 Å². The van der Waals surface area contributed by atoms with Gasteiger partial charge in [0.1, 0.15) is 10.7 Å². The Morgan fingerprint density at radius 2 is 2.05 bits per heavy atom. The number of carbonyl (C=O) groups is 1. The molecule has 0 bridgehead atoms. The maximum Gasteiger partial charge on any atom is 0.252 e. The summed E-state index contributed by atoms with van der Waals surface area (Å²) in [7, 11) is -4.22. The first kappa shape index (κ1) is 18.1. The van der Waals surface area contributed by atoms with Crippen molar-refractivity contribution in [2.75, 3.05) is 6.54 Å². The molecule has 0 aromatic heterocycles. The molecule has 0 unspecified atom stereocenters.